The van der Waals surface area contributed by atoms with Gasteiger partial charge in [-0.15, -0.1) is 0 Å². The molecular formula is C24H26N2O3. The Bertz CT molecular complexity index is 1160. The van der Waals surface area contributed by atoms with E-state index >= 15 is 0 Å². The highest BCUT2D eigenvalue weighted by Crippen LogP contribution is 2.30. The van der Waals surface area contributed by atoms with Crippen LogP contribution in [0.5, 0.6) is 5.75 Å². The summed E-state index contributed by atoms with van der Waals surface area (Å²) in [6, 6.07) is 10.8. The number of fused-ring (bicyclic) bond motifs is 2. The molecule has 5 heteroatoms. The zero-order valence-corrected chi connectivity index (χ0v) is 16.7. The quantitative estimate of drug-likeness (QED) is 0.518. The second kappa shape index (κ2) is 7.76. The monoisotopic (exact) mass is 390 g/mol. The highest BCUT2D eigenvalue weighted by atomic mass is 16.3. The van der Waals surface area contributed by atoms with E-state index in [1.165, 1.54) is 34.4 Å². The van der Waals surface area contributed by atoms with Gasteiger partial charge < -0.3 is 20.5 Å². The first kappa shape index (κ1) is 19.3. The average Bonchev–Trinajstić information content (AvgIpc) is 3.13. The van der Waals surface area contributed by atoms with Crippen LogP contribution in [0.1, 0.15) is 47.8 Å². The fourth-order valence-corrected chi connectivity index (χ4v) is 4.15. The fourth-order valence-electron chi connectivity index (χ4n) is 4.15. The molecule has 2 aromatic carbocycles. The van der Waals surface area contributed by atoms with Crippen LogP contribution >= 0.6 is 0 Å². The number of aromatic amines is 1. The van der Waals surface area contributed by atoms with Crippen LogP contribution in [0.25, 0.3) is 17.0 Å². The maximum absolute atomic E-state index is 11.6. The van der Waals surface area contributed by atoms with Gasteiger partial charge in [0.05, 0.1) is 11.6 Å². The SMILES string of the molecule is CCc1cc2c(cc1CC)CC(NC[C@H](O)c1ccc(O)c3[nH]c(=O)ccc13)=C2. The van der Waals surface area contributed by atoms with E-state index in [-0.39, 0.29) is 11.3 Å². The number of aliphatic hydroxyl groups is 1. The van der Waals surface area contributed by atoms with Crippen LogP contribution in [0.15, 0.2) is 46.9 Å². The van der Waals surface area contributed by atoms with E-state index in [4.69, 9.17) is 0 Å². The second-order valence-electron chi connectivity index (χ2n) is 7.56. The van der Waals surface area contributed by atoms with Crippen LogP contribution < -0.4 is 10.9 Å². The standard InChI is InChI=1S/C24H26N2O3/c1-3-14-9-16-11-18(12-17(16)10-15(14)4-2)25-13-22(28)19-5-7-21(27)24-20(19)6-8-23(29)26-24/h5-11,22,25,27-28H,3-4,12-13H2,1-2H3,(H,26,29)/t22-/m0/s1. The minimum atomic E-state index is -0.772. The van der Waals surface area contributed by atoms with E-state index < -0.39 is 6.10 Å². The number of hydrogen-bond acceptors (Lipinski definition) is 4. The summed E-state index contributed by atoms with van der Waals surface area (Å²) in [6.45, 7) is 4.72. The van der Waals surface area contributed by atoms with Crippen LogP contribution in [-0.2, 0) is 19.3 Å². The zero-order chi connectivity index (χ0) is 20.5. The van der Waals surface area contributed by atoms with E-state index in [9.17, 15) is 15.0 Å². The Morgan fingerprint density at radius 1 is 1.10 bits per heavy atom. The van der Waals surface area contributed by atoms with Crippen molar-refractivity contribution in [1.82, 2.24) is 10.3 Å². The molecule has 0 saturated carbocycles. The van der Waals surface area contributed by atoms with Crippen molar-refractivity contribution in [2.24, 2.45) is 0 Å². The van der Waals surface area contributed by atoms with Crippen molar-refractivity contribution in [3.63, 3.8) is 0 Å². The summed E-state index contributed by atoms with van der Waals surface area (Å²) in [5, 5.41) is 24.8. The largest absolute Gasteiger partial charge is 0.506 e. The number of nitrogens with one attached hydrogen (secondary N) is 2. The summed E-state index contributed by atoms with van der Waals surface area (Å²) in [7, 11) is 0. The molecule has 4 N–H and O–H groups in total. The van der Waals surface area contributed by atoms with Crippen molar-refractivity contribution in [3.05, 3.63) is 80.3 Å². The minimum Gasteiger partial charge on any atom is -0.506 e. The van der Waals surface area contributed by atoms with Gasteiger partial charge in [-0.05, 0) is 58.9 Å². The smallest absolute Gasteiger partial charge is 0.248 e. The lowest BCUT2D eigenvalue weighted by Gasteiger charge is -2.16. The summed E-state index contributed by atoms with van der Waals surface area (Å²) < 4.78 is 0. The third kappa shape index (κ3) is 3.66. The Hall–Kier alpha value is -3.05. The topological polar surface area (TPSA) is 85.3 Å². The molecule has 0 aliphatic heterocycles. The van der Waals surface area contributed by atoms with Crippen LogP contribution in [-0.4, -0.2) is 21.7 Å². The minimum absolute atomic E-state index is 0.00554. The predicted molar refractivity (Wildman–Crippen MR) is 116 cm³/mol. The average molecular weight is 390 g/mol. The molecule has 1 aromatic heterocycles. The van der Waals surface area contributed by atoms with E-state index in [0.717, 1.165) is 25.0 Å². The third-order valence-corrected chi connectivity index (χ3v) is 5.72. The van der Waals surface area contributed by atoms with Crippen LogP contribution in [0.2, 0.25) is 0 Å². The number of rotatable bonds is 6. The number of aromatic hydroxyl groups is 1. The molecule has 3 aromatic rings. The molecule has 1 aliphatic carbocycles. The zero-order valence-electron chi connectivity index (χ0n) is 16.7. The van der Waals surface area contributed by atoms with Crippen LogP contribution in [0.3, 0.4) is 0 Å². The summed E-state index contributed by atoms with van der Waals surface area (Å²) in [5.41, 5.74) is 7.20. The van der Waals surface area contributed by atoms with Gasteiger partial charge in [0.1, 0.15) is 5.75 Å². The van der Waals surface area contributed by atoms with Gasteiger partial charge in [-0.2, -0.15) is 0 Å². The molecule has 0 radical (unpaired) electrons. The van der Waals surface area contributed by atoms with Gasteiger partial charge in [-0.3, -0.25) is 4.79 Å². The third-order valence-electron chi connectivity index (χ3n) is 5.72. The van der Waals surface area contributed by atoms with E-state index in [2.05, 4.69) is 42.4 Å². The van der Waals surface area contributed by atoms with Crippen LogP contribution in [0, 0.1) is 0 Å². The molecule has 5 nitrogen and oxygen atoms in total. The Labute approximate surface area is 169 Å². The highest BCUT2D eigenvalue weighted by Gasteiger charge is 2.18. The van der Waals surface area contributed by atoms with Gasteiger partial charge in [-0.25, -0.2) is 0 Å². The Morgan fingerprint density at radius 2 is 1.86 bits per heavy atom. The number of H-pyrrole nitrogens is 1. The molecule has 150 valence electrons. The van der Waals surface area contributed by atoms with Gasteiger partial charge in [0.2, 0.25) is 5.56 Å². The number of allylic oxidation sites excluding steroid dienone is 1. The fraction of sp³-hybridized carbons (Fsp3) is 0.292. The lowest BCUT2D eigenvalue weighted by atomic mass is 9.97. The molecule has 1 aliphatic rings. The van der Waals surface area contributed by atoms with Crippen molar-refractivity contribution in [2.45, 2.75) is 39.2 Å². The molecule has 1 atom stereocenters. The van der Waals surface area contributed by atoms with Crippen molar-refractivity contribution in [1.29, 1.82) is 0 Å². The lowest BCUT2D eigenvalue weighted by Crippen LogP contribution is -2.21. The second-order valence-corrected chi connectivity index (χ2v) is 7.56. The van der Waals surface area contributed by atoms with Crippen molar-refractivity contribution in [3.8, 4) is 5.75 Å². The van der Waals surface area contributed by atoms with Gasteiger partial charge in [0, 0.05) is 30.1 Å². The normalized spacial score (nSPS) is 14.0. The number of pyridine rings is 1. The Morgan fingerprint density at radius 3 is 2.62 bits per heavy atom. The first-order valence-electron chi connectivity index (χ1n) is 10.1. The Balaban J connectivity index is 1.52. The summed E-state index contributed by atoms with van der Waals surface area (Å²) in [4.78, 5) is 14.2. The number of benzene rings is 2. The summed E-state index contributed by atoms with van der Waals surface area (Å²) >= 11 is 0. The summed E-state index contributed by atoms with van der Waals surface area (Å²) in [6.07, 6.45) is 4.29. The van der Waals surface area contributed by atoms with Crippen molar-refractivity contribution < 1.29 is 10.2 Å². The molecule has 0 unspecified atom stereocenters. The molecular weight excluding hydrogens is 364 g/mol. The van der Waals surface area contributed by atoms with E-state index in [1.54, 1.807) is 12.1 Å². The van der Waals surface area contributed by atoms with Crippen LogP contribution in [0.4, 0.5) is 0 Å². The molecule has 0 spiro atoms. The van der Waals surface area contributed by atoms with Gasteiger partial charge >= 0.3 is 0 Å². The van der Waals surface area contributed by atoms with E-state index in [1.807, 2.05) is 0 Å². The van der Waals surface area contributed by atoms with Crippen molar-refractivity contribution in [2.75, 3.05) is 6.54 Å². The number of phenolic OH excluding ortho intramolecular Hbond substituents is 1. The maximum atomic E-state index is 11.6. The van der Waals surface area contributed by atoms with E-state index in [0.29, 0.717) is 23.0 Å². The number of aromatic nitrogens is 1. The number of aliphatic hydroxyl groups excluding tert-OH is 1. The number of hydrogen-bond donors (Lipinski definition) is 4. The number of phenols is 1. The Kier molecular flexibility index (Phi) is 5.16. The first-order valence-corrected chi connectivity index (χ1v) is 10.1. The van der Waals surface area contributed by atoms with Gasteiger partial charge in [-0.1, -0.05) is 32.0 Å². The predicted octanol–water partition coefficient (Wildman–Crippen LogP) is 3.58. The van der Waals surface area contributed by atoms with Gasteiger partial charge in [0.25, 0.3) is 0 Å². The number of aryl methyl sites for hydroxylation is 2. The molecule has 1 heterocycles. The summed E-state index contributed by atoms with van der Waals surface area (Å²) in [5.74, 6) is -0.00554. The molecule has 0 fully saturated rings. The molecule has 0 bridgehead atoms. The molecule has 29 heavy (non-hydrogen) atoms. The first-order chi connectivity index (χ1) is 14.0. The lowest BCUT2D eigenvalue weighted by molar-refractivity contribution is 0.179. The maximum Gasteiger partial charge on any atom is 0.248 e. The highest BCUT2D eigenvalue weighted by molar-refractivity contribution is 5.87. The molecule has 0 amide bonds. The van der Waals surface area contributed by atoms with Crippen molar-refractivity contribution >= 4 is 17.0 Å². The van der Waals surface area contributed by atoms with Gasteiger partial charge in [0.15, 0.2) is 0 Å². The molecule has 0 saturated heterocycles. The molecule has 4 rings (SSSR count).